The van der Waals surface area contributed by atoms with Crippen LogP contribution in [0.15, 0.2) is 22.8 Å². The molecule has 1 aromatic heterocycles. The van der Waals surface area contributed by atoms with E-state index < -0.39 is 11.7 Å². The van der Waals surface area contributed by atoms with Gasteiger partial charge in [0.25, 0.3) is 0 Å². The van der Waals surface area contributed by atoms with Crippen LogP contribution in [0.1, 0.15) is 27.7 Å². The molecule has 1 aromatic rings. The van der Waals surface area contributed by atoms with E-state index in [1.807, 2.05) is 39.8 Å². The molecule has 19 heavy (non-hydrogen) atoms. The molecule has 0 saturated heterocycles. The SMILES string of the molecule is CC(CNC(=O)OC(C)(C)C)Oc1cccc(Br)n1. The Labute approximate surface area is 121 Å². The van der Waals surface area contributed by atoms with Gasteiger partial charge in [-0.2, -0.15) is 0 Å². The van der Waals surface area contributed by atoms with E-state index in [9.17, 15) is 4.79 Å². The van der Waals surface area contributed by atoms with Gasteiger partial charge in [0.05, 0.1) is 6.54 Å². The molecule has 0 saturated carbocycles. The molecule has 1 amide bonds. The Hall–Kier alpha value is -1.30. The second kappa shape index (κ2) is 6.75. The maximum Gasteiger partial charge on any atom is 0.407 e. The van der Waals surface area contributed by atoms with Crippen LogP contribution in [-0.2, 0) is 4.74 Å². The summed E-state index contributed by atoms with van der Waals surface area (Å²) in [6.45, 7) is 7.65. The first-order valence-electron chi connectivity index (χ1n) is 6.02. The second-order valence-corrected chi connectivity index (χ2v) is 5.92. The van der Waals surface area contributed by atoms with Crippen molar-refractivity contribution in [3.05, 3.63) is 22.8 Å². The lowest BCUT2D eigenvalue weighted by Gasteiger charge is -2.21. The molecule has 1 rings (SSSR count). The minimum Gasteiger partial charge on any atom is -0.473 e. The summed E-state index contributed by atoms with van der Waals surface area (Å²) in [7, 11) is 0. The van der Waals surface area contributed by atoms with E-state index in [0.717, 1.165) is 0 Å². The zero-order valence-corrected chi connectivity index (χ0v) is 13.2. The predicted octanol–water partition coefficient (Wildman–Crippen LogP) is 3.14. The number of nitrogens with zero attached hydrogens (tertiary/aromatic N) is 1. The standard InChI is InChI=1S/C13H19BrN2O3/c1-9(8-15-12(17)19-13(2,3)4)18-11-7-5-6-10(14)16-11/h5-7,9H,8H2,1-4H3,(H,15,17). The second-order valence-electron chi connectivity index (χ2n) is 5.11. The van der Waals surface area contributed by atoms with Crippen LogP contribution in [0, 0.1) is 0 Å². The van der Waals surface area contributed by atoms with Crippen LogP contribution in [0.2, 0.25) is 0 Å². The number of nitrogens with one attached hydrogen (secondary N) is 1. The summed E-state index contributed by atoms with van der Waals surface area (Å²) in [5.41, 5.74) is -0.500. The molecule has 5 nitrogen and oxygen atoms in total. The molecule has 0 bridgehead atoms. The summed E-state index contributed by atoms with van der Waals surface area (Å²) < 4.78 is 11.4. The fourth-order valence-corrected chi connectivity index (χ4v) is 1.57. The first-order chi connectivity index (χ1) is 8.76. The quantitative estimate of drug-likeness (QED) is 0.861. The molecule has 1 N–H and O–H groups in total. The molecule has 0 aliphatic heterocycles. The third-order valence-electron chi connectivity index (χ3n) is 1.94. The molecule has 0 radical (unpaired) electrons. The van der Waals surface area contributed by atoms with E-state index in [4.69, 9.17) is 9.47 Å². The molecule has 0 fully saturated rings. The van der Waals surface area contributed by atoms with Gasteiger partial charge in [-0.3, -0.25) is 0 Å². The molecule has 6 heteroatoms. The lowest BCUT2D eigenvalue weighted by atomic mass is 10.2. The van der Waals surface area contributed by atoms with Gasteiger partial charge in [-0.25, -0.2) is 9.78 Å². The first kappa shape index (κ1) is 15.8. The van der Waals surface area contributed by atoms with E-state index in [1.54, 1.807) is 6.07 Å². The third kappa shape index (κ3) is 7.00. The normalized spacial score (nSPS) is 12.7. The van der Waals surface area contributed by atoms with Crippen LogP contribution in [0.25, 0.3) is 0 Å². The van der Waals surface area contributed by atoms with Crippen molar-refractivity contribution < 1.29 is 14.3 Å². The molecule has 0 aliphatic rings. The van der Waals surface area contributed by atoms with Crippen LogP contribution < -0.4 is 10.1 Å². The van der Waals surface area contributed by atoms with Gasteiger partial charge >= 0.3 is 6.09 Å². The first-order valence-corrected chi connectivity index (χ1v) is 6.81. The van der Waals surface area contributed by atoms with E-state index in [0.29, 0.717) is 17.0 Å². The summed E-state index contributed by atoms with van der Waals surface area (Å²) in [6.07, 6.45) is -0.653. The van der Waals surface area contributed by atoms with Crippen molar-refractivity contribution in [1.29, 1.82) is 0 Å². The van der Waals surface area contributed by atoms with Crippen molar-refractivity contribution in [2.45, 2.75) is 39.4 Å². The van der Waals surface area contributed by atoms with Crippen molar-refractivity contribution >= 4 is 22.0 Å². The molecule has 1 unspecified atom stereocenters. The number of alkyl carbamates (subject to hydrolysis) is 1. The number of amides is 1. The average molecular weight is 331 g/mol. The predicted molar refractivity (Wildman–Crippen MR) is 76.3 cm³/mol. The van der Waals surface area contributed by atoms with Crippen molar-refractivity contribution in [3.63, 3.8) is 0 Å². The zero-order valence-electron chi connectivity index (χ0n) is 11.6. The minimum atomic E-state index is -0.500. The van der Waals surface area contributed by atoms with Crippen LogP contribution in [0.4, 0.5) is 4.79 Å². The molecule has 106 valence electrons. The minimum absolute atomic E-state index is 0.200. The van der Waals surface area contributed by atoms with Crippen LogP contribution in [0.5, 0.6) is 5.88 Å². The van der Waals surface area contributed by atoms with Crippen LogP contribution >= 0.6 is 15.9 Å². The Kier molecular flexibility index (Phi) is 5.60. The summed E-state index contributed by atoms with van der Waals surface area (Å²) in [4.78, 5) is 15.6. The Morgan fingerprint density at radius 2 is 2.16 bits per heavy atom. The van der Waals surface area contributed by atoms with E-state index >= 15 is 0 Å². The monoisotopic (exact) mass is 330 g/mol. The van der Waals surface area contributed by atoms with Gasteiger partial charge < -0.3 is 14.8 Å². The fourth-order valence-electron chi connectivity index (χ4n) is 1.24. The molecular weight excluding hydrogens is 312 g/mol. The zero-order chi connectivity index (χ0) is 14.5. The molecule has 1 heterocycles. The van der Waals surface area contributed by atoms with Gasteiger partial charge in [0, 0.05) is 6.07 Å². The highest BCUT2D eigenvalue weighted by molar-refractivity contribution is 9.10. The molecule has 0 aliphatic carbocycles. The molecule has 0 spiro atoms. The number of rotatable bonds is 4. The Balaban J connectivity index is 2.36. The number of ether oxygens (including phenoxy) is 2. The average Bonchev–Trinajstić information content (AvgIpc) is 2.24. The molecule has 0 aromatic carbocycles. The Morgan fingerprint density at radius 3 is 2.74 bits per heavy atom. The highest BCUT2D eigenvalue weighted by Crippen LogP contribution is 2.13. The van der Waals surface area contributed by atoms with Gasteiger partial charge in [-0.1, -0.05) is 6.07 Å². The van der Waals surface area contributed by atoms with Gasteiger partial charge in [0.1, 0.15) is 16.3 Å². The number of hydrogen-bond acceptors (Lipinski definition) is 4. The summed E-state index contributed by atoms with van der Waals surface area (Å²) in [5, 5.41) is 2.65. The number of pyridine rings is 1. The van der Waals surface area contributed by atoms with Crippen LogP contribution in [0.3, 0.4) is 0 Å². The lowest BCUT2D eigenvalue weighted by molar-refractivity contribution is 0.0504. The molecule has 1 atom stereocenters. The largest absolute Gasteiger partial charge is 0.473 e. The smallest absolute Gasteiger partial charge is 0.407 e. The van der Waals surface area contributed by atoms with Crippen molar-refractivity contribution in [2.24, 2.45) is 0 Å². The van der Waals surface area contributed by atoms with E-state index in [-0.39, 0.29) is 6.10 Å². The maximum atomic E-state index is 11.5. The maximum absolute atomic E-state index is 11.5. The Bertz CT molecular complexity index is 432. The summed E-state index contributed by atoms with van der Waals surface area (Å²) in [6, 6.07) is 5.41. The van der Waals surface area contributed by atoms with E-state index in [2.05, 4.69) is 26.2 Å². The number of carbonyl (C=O) groups excluding carboxylic acids is 1. The highest BCUT2D eigenvalue weighted by atomic mass is 79.9. The third-order valence-corrected chi connectivity index (χ3v) is 2.39. The van der Waals surface area contributed by atoms with Gasteiger partial charge in [-0.05, 0) is 49.7 Å². The molecular formula is C13H19BrN2O3. The fraction of sp³-hybridized carbons (Fsp3) is 0.538. The number of hydrogen-bond donors (Lipinski definition) is 1. The highest BCUT2D eigenvalue weighted by Gasteiger charge is 2.16. The number of halogens is 1. The van der Waals surface area contributed by atoms with Crippen LogP contribution in [-0.4, -0.2) is 29.3 Å². The summed E-state index contributed by atoms with van der Waals surface area (Å²) >= 11 is 3.27. The Morgan fingerprint density at radius 1 is 1.47 bits per heavy atom. The van der Waals surface area contributed by atoms with Gasteiger partial charge in [0.15, 0.2) is 0 Å². The number of carbonyl (C=O) groups is 1. The topological polar surface area (TPSA) is 60.5 Å². The van der Waals surface area contributed by atoms with Crippen molar-refractivity contribution in [2.75, 3.05) is 6.54 Å². The lowest BCUT2D eigenvalue weighted by Crippen LogP contribution is -2.37. The van der Waals surface area contributed by atoms with Gasteiger partial charge in [0.2, 0.25) is 5.88 Å². The number of aromatic nitrogens is 1. The van der Waals surface area contributed by atoms with Crippen molar-refractivity contribution in [3.8, 4) is 5.88 Å². The van der Waals surface area contributed by atoms with E-state index in [1.165, 1.54) is 0 Å². The van der Waals surface area contributed by atoms with Gasteiger partial charge in [-0.15, -0.1) is 0 Å². The van der Waals surface area contributed by atoms with Crippen molar-refractivity contribution in [1.82, 2.24) is 10.3 Å². The summed E-state index contributed by atoms with van der Waals surface area (Å²) in [5.74, 6) is 0.507.